The van der Waals surface area contributed by atoms with Crippen LogP contribution in [0.5, 0.6) is 0 Å². The Bertz CT molecular complexity index is 347. The predicted octanol–water partition coefficient (Wildman–Crippen LogP) is 1.87. The zero-order valence-electron chi connectivity index (χ0n) is 9.24. The third kappa shape index (κ3) is 2.92. The maximum Gasteiger partial charge on any atom is 0.188 e. The first-order valence-electron chi connectivity index (χ1n) is 5.43. The molecule has 0 aliphatic carbocycles. The van der Waals surface area contributed by atoms with Gasteiger partial charge in [-0.3, -0.25) is 0 Å². The summed E-state index contributed by atoms with van der Waals surface area (Å²) in [4.78, 5) is 0. The van der Waals surface area contributed by atoms with E-state index in [0.29, 0.717) is 6.61 Å². The van der Waals surface area contributed by atoms with Gasteiger partial charge in [-0.1, -0.05) is 42.5 Å². The summed E-state index contributed by atoms with van der Waals surface area (Å²) in [5.41, 5.74) is 1.07. The van der Waals surface area contributed by atoms with Gasteiger partial charge in [-0.05, 0) is 12.5 Å². The number of aliphatic hydroxyl groups is 1. The molecule has 0 fully saturated rings. The smallest absolute Gasteiger partial charge is 0.188 e. The molecule has 86 valence electrons. The molecule has 0 radical (unpaired) electrons. The lowest BCUT2D eigenvalue weighted by molar-refractivity contribution is -0.206. The highest BCUT2D eigenvalue weighted by molar-refractivity contribution is 5.13. The van der Waals surface area contributed by atoms with E-state index in [1.807, 2.05) is 43.3 Å². The van der Waals surface area contributed by atoms with Crippen molar-refractivity contribution in [1.29, 1.82) is 0 Å². The van der Waals surface area contributed by atoms with Crippen LogP contribution in [0, 0.1) is 0 Å². The van der Waals surface area contributed by atoms with E-state index in [0.717, 1.165) is 5.56 Å². The minimum absolute atomic E-state index is 0.0100. The molecule has 1 aromatic carbocycles. The van der Waals surface area contributed by atoms with Gasteiger partial charge in [0.15, 0.2) is 6.29 Å². The summed E-state index contributed by atoms with van der Waals surface area (Å²) in [6.45, 7) is 2.37. The van der Waals surface area contributed by atoms with Crippen molar-refractivity contribution < 1.29 is 14.6 Å². The first-order valence-corrected chi connectivity index (χ1v) is 5.43. The maximum atomic E-state index is 9.63. The zero-order chi connectivity index (χ0) is 11.4. The lowest BCUT2D eigenvalue weighted by Crippen LogP contribution is -2.36. The van der Waals surface area contributed by atoms with Crippen molar-refractivity contribution in [3.8, 4) is 0 Å². The summed E-state index contributed by atoms with van der Waals surface area (Å²) in [5.74, 6) is 0. The molecule has 0 bridgehead atoms. The van der Waals surface area contributed by atoms with E-state index in [1.54, 1.807) is 6.08 Å². The molecule has 0 spiro atoms. The number of rotatable bonds is 3. The average molecular weight is 220 g/mol. The van der Waals surface area contributed by atoms with Crippen molar-refractivity contribution >= 4 is 0 Å². The van der Waals surface area contributed by atoms with Gasteiger partial charge in [0.1, 0.15) is 6.10 Å². The fourth-order valence-electron chi connectivity index (χ4n) is 1.59. The summed E-state index contributed by atoms with van der Waals surface area (Å²) >= 11 is 0. The van der Waals surface area contributed by atoms with Crippen LogP contribution < -0.4 is 0 Å². The van der Waals surface area contributed by atoms with Crippen molar-refractivity contribution in [2.24, 2.45) is 0 Å². The Balaban J connectivity index is 1.88. The summed E-state index contributed by atoms with van der Waals surface area (Å²) in [5, 5.41) is 9.63. The molecule has 1 heterocycles. The molecule has 0 amide bonds. The molecule has 0 aromatic heterocycles. The van der Waals surface area contributed by atoms with E-state index in [2.05, 4.69) is 0 Å². The molecule has 1 aliphatic heterocycles. The van der Waals surface area contributed by atoms with Crippen molar-refractivity contribution in [2.45, 2.75) is 32.0 Å². The Morgan fingerprint density at radius 1 is 1.25 bits per heavy atom. The second kappa shape index (κ2) is 5.25. The number of benzene rings is 1. The Morgan fingerprint density at radius 3 is 2.75 bits per heavy atom. The van der Waals surface area contributed by atoms with Gasteiger partial charge < -0.3 is 14.6 Å². The summed E-state index contributed by atoms with van der Waals surface area (Å²) < 4.78 is 11.0. The van der Waals surface area contributed by atoms with Crippen LogP contribution in [0.25, 0.3) is 0 Å². The van der Waals surface area contributed by atoms with E-state index >= 15 is 0 Å². The van der Waals surface area contributed by atoms with Crippen LogP contribution >= 0.6 is 0 Å². The summed E-state index contributed by atoms with van der Waals surface area (Å²) in [6, 6.07) is 9.84. The van der Waals surface area contributed by atoms with Crippen LogP contribution in [0.1, 0.15) is 12.5 Å². The Labute approximate surface area is 95.3 Å². The third-order valence-corrected chi connectivity index (χ3v) is 2.46. The predicted molar refractivity (Wildman–Crippen MR) is 60.7 cm³/mol. The SMILES string of the molecule is C[C@H]1C=C[C@H](O)[C@H](OCc2ccccc2)O1. The van der Waals surface area contributed by atoms with Crippen molar-refractivity contribution in [2.75, 3.05) is 0 Å². The van der Waals surface area contributed by atoms with E-state index in [-0.39, 0.29) is 6.10 Å². The first kappa shape index (κ1) is 11.3. The minimum Gasteiger partial charge on any atom is -0.384 e. The fraction of sp³-hybridized carbons (Fsp3) is 0.385. The molecule has 3 nitrogen and oxygen atoms in total. The van der Waals surface area contributed by atoms with Gasteiger partial charge >= 0.3 is 0 Å². The van der Waals surface area contributed by atoms with Gasteiger partial charge in [0, 0.05) is 0 Å². The van der Waals surface area contributed by atoms with Gasteiger partial charge in [-0.2, -0.15) is 0 Å². The van der Waals surface area contributed by atoms with Crippen LogP contribution in [0.15, 0.2) is 42.5 Å². The molecule has 3 atom stereocenters. The van der Waals surface area contributed by atoms with Gasteiger partial charge in [-0.15, -0.1) is 0 Å². The molecule has 1 aromatic rings. The average Bonchev–Trinajstić information content (AvgIpc) is 2.32. The lowest BCUT2D eigenvalue weighted by atomic mass is 10.2. The largest absolute Gasteiger partial charge is 0.384 e. The van der Waals surface area contributed by atoms with Crippen LogP contribution in [0.4, 0.5) is 0 Å². The number of ether oxygens (including phenoxy) is 2. The lowest BCUT2D eigenvalue weighted by Gasteiger charge is -2.27. The van der Waals surface area contributed by atoms with E-state index in [4.69, 9.17) is 9.47 Å². The van der Waals surface area contributed by atoms with Crippen LogP contribution in [0.2, 0.25) is 0 Å². The van der Waals surface area contributed by atoms with Crippen molar-refractivity contribution in [3.05, 3.63) is 48.0 Å². The van der Waals surface area contributed by atoms with E-state index in [9.17, 15) is 5.11 Å². The summed E-state index contributed by atoms with van der Waals surface area (Å²) in [6.07, 6.45) is 2.28. The Morgan fingerprint density at radius 2 is 2.00 bits per heavy atom. The topological polar surface area (TPSA) is 38.7 Å². The summed E-state index contributed by atoms with van der Waals surface area (Å²) in [7, 11) is 0. The number of hydrogen-bond donors (Lipinski definition) is 1. The molecule has 3 heteroatoms. The molecule has 0 unspecified atom stereocenters. The number of aliphatic hydroxyl groups excluding tert-OH is 1. The fourth-order valence-corrected chi connectivity index (χ4v) is 1.59. The molecule has 1 aliphatic rings. The Hall–Kier alpha value is -1.16. The van der Waals surface area contributed by atoms with E-state index in [1.165, 1.54) is 0 Å². The second-order valence-corrected chi connectivity index (χ2v) is 3.88. The highest BCUT2D eigenvalue weighted by Gasteiger charge is 2.23. The molecule has 0 saturated heterocycles. The van der Waals surface area contributed by atoms with Gasteiger partial charge in [-0.25, -0.2) is 0 Å². The van der Waals surface area contributed by atoms with E-state index < -0.39 is 12.4 Å². The van der Waals surface area contributed by atoms with Gasteiger partial charge in [0.2, 0.25) is 0 Å². The van der Waals surface area contributed by atoms with Gasteiger partial charge in [0.05, 0.1) is 12.7 Å². The molecule has 0 saturated carbocycles. The molecule has 16 heavy (non-hydrogen) atoms. The first-order chi connectivity index (χ1) is 7.75. The highest BCUT2D eigenvalue weighted by Crippen LogP contribution is 2.15. The minimum atomic E-state index is -0.681. The molecular formula is C13H16O3. The number of hydrogen-bond acceptors (Lipinski definition) is 3. The van der Waals surface area contributed by atoms with Crippen LogP contribution in [-0.2, 0) is 16.1 Å². The maximum absolute atomic E-state index is 9.63. The quantitative estimate of drug-likeness (QED) is 0.790. The monoisotopic (exact) mass is 220 g/mol. The van der Waals surface area contributed by atoms with Crippen LogP contribution in [-0.4, -0.2) is 23.6 Å². The van der Waals surface area contributed by atoms with Gasteiger partial charge in [0.25, 0.3) is 0 Å². The molecular weight excluding hydrogens is 204 g/mol. The molecule has 1 N–H and O–H groups in total. The van der Waals surface area contributed by atoms with Crippen molar-refractivity contribution in [1.82, 2.24) is 0 Å². The molecule has 2 rings (SSSR count). The normalized spacial score (nSPS) is 29.2. The third-order valence-electron chi connectivity index (χ3n) is 2.46. The van der Waals surface area contributed by atoms with Crippen LogP contribution in [0.3, 0.4) is 0 Å². The second-order valence-electron chi connectivity index (χ2n) is 3.88. The van der Waals surface area contributed by atoms with Crippen molar-refractivity contribution in [3.63, 3.8) is 0 Å². The standard InChI is InChI=1S/C13H16O3/c1-10-7-8-12(14)13(16-10)15-9-11-5-3-2-4-6-11/h2-8,10,12-14H,9H2,1H3/t10-,12-,13+/m0/s1. The highest BCUT2D eigenvalue weighted by atomic mass is 16.7. The Kier molecular flexibility index (Phi) is 3.72. The zero-order valence-corrected chi connectivity index (χ0v) is 9.24.